The van der Waals surface area contributed by atoms with Crippen molar-refractivity contribution in [1.82, 2.24) is 34.8 Å². The van der Waals surface area contributed by atoms with Crippen LogP contribution < -0.4 is 16.0 Å². The van der Waals surface area contributed by atoms with Crippen LogP contribution in [-0.2, 0) is 23.2 Å². The maximum Gasteiger partial charge on any atom is 0.433 e. The second kappa shape index (κ2) is 14.5. The molecule has 0 spiro atoms. The molecule has 0 radical (unpaired) electrons. The lowest BCUT2D eigenvalue weighted by molar-refractivity contribution is -0.142. The van der Waals surface area contributed by atoms with Crippen LogP contribution in [0.3, 0.4) is 0 Å². The third kappa shape index (κ3) is 11.1. The summed E-state index contributed by atoms with van der Waals surface area (Å²) in [6.45, 7) is 14.0. The van der Waals surface area contributed by atoms with Gasteiger partial charge in [-0.3, -0.25) is 14.5 Å². The lowest BCUT2D eigenvalue weighted by Crippen LogP contribution is -2.47. The quantitative estimate of drug-likeness (QED) is 0.156. The molecule has 4 rings (SSSR count). The highest BCUT2D eigenvalue weighted by molar-refractivity contribution is 7.99. The van der Waals surface area contributed by atoms with Gasteiger partial charge in [0.05, 0.1) is 0 Å². The van der Waals surface area contributed by atoms with E-state index in [1.165, 1.54) is 24.0 Å². The van der Waals surface area contributed by atoms with E-state index in [2.05, 4.69) is 34.8 Å². The van der Waals surface area contributed by atoms with Crippen molar-refractivity contribution in [2.45, 2.75) is 76.3 Å². The van der Waals surface area contributed by atoms with Gasteiger partial charge >= 0.3 is 12.4 Å². The first-order valence-electron chi connectivity index (χ1n) is 14.4. The van der Waals surface area contributed by atoms with Crippen molar-refractivity contribution in [3.63, 3.8) is 0 Å². The van der Waals surface area contributed by atoms with Gasteiger partial charge < -0.3 is 14.9 Å². The number of aromatic amines is 2. The van der Waals surface area contributed by atoms with E-state index in [0.717, 1.165) is 37.9 Å². The van der Waals surface area contributed by atoms with E-state index in [0.29, 0.717) is 30.1 Å². The summed E-state index contributed by atoms with van der Waals surface area (Å²) >= 11 is 1.50. The molecule has 0 aliphatic carbocycles. The highest BCUT2D eigenvalue weighted by Gasteiger charge is 2.36. The Morgan fingerprint density at radius 1 is 0.783 bits per heavy atom. The smallest absolute Gasteiger partial charge is 0.354 e. The maximum absolute atomic E-state index is 13.3. The van der Waals surface area contributed by atoms with Crippen LogP contribution in [0.2, 0.25) is 0 Å². The number of alkyl halides is 6. The SMILES string of the molecule is CC(C)(C)c1nc(C(F)(F)F)cc(=O)[nH]1.CC(C)(C)c1nc(N2CCN(CCCSc3nccc(=O)[nH]3)CC2)cc(C(F)(F)F)n1. The molecule has 0 amide bonds. The van der Waals surface area contributed by atoms with E-state index in [4.69, 9.17) is 0 Å². The number of hydrogen-bond donors (Lipinski definition) is 2. The van der Waals surface area contributed by atoms with Gasteiger partial charge in [-0.25, -0.2) is 19.9 Å². The van der Waals surface area contributed by atoms with E-state index in [-0.39, 0.29) is 17.2 Å². The van der Waals surface area contributed by atoms with Crippen LogP contribution in [0.5, 0.6) is 0 Å². The van der Waals surface area contributed by atoms with Gasteiger partial charge in [-0.2, -0.15) is 26.3 Å². The summed E-state index contributed by atoms with van der Waals surface area (Å²) in [6, 6.07) is 2.88. The number of aromatic nitrogens is 6. The fourth-order valence-electron chi connectivity index (χ4n) is 4.12. The Kier molecular flexibility index (Phi) is 11.7. The summed E-state index contributed by atoms with van der Waals surface area (Å²) in [5.74, 6) is 1.39. The summed E-state index contributed by atoms with van der Waals surface area (Å²) in [6.07, 6.45) is -6.69. The maximum atomic E-state index is 13.3. The first-order valence-corrected chi connectivity index (χ1v) is 15.4. The third-order valence-electron chi connectivity index (χ3n) is 6.62. The van der Waals surface area contributed by atoms with E-state index in [1.807, 2.05) is 25.7 Å². The first kappa shape index (κ1) is 37.0. The van der Waals surface area contributed by atoms with Crippen LogP contribution in [-0.4, -0.2) is 73.3 Å². The van der Waals surface area contributed by atoms with Crippen LogP contribution in [0.25, 0.3) is 0 Å². The van der Waals surface area contributed by atoms with Crippen LogP contribution in [0.1, 0.15) is 71.0 Å². The second-order valence-electron chi connectivity index (χ2n) is 12.7. The number of nitrogens with zero attached hydrogens (tertiary/aromatic N) is 6. The van der Waals surface area contributed by atoms with Gasteiger partial charge in [0, 0.05) is 67.2 Å². The van der Waals surface area contributed by atoms with Crippen LogP contribution in [0, 0.1) is 0 Å². The fourth-order valence-corrected chi connectivity index (χ4v) is 4.89. The number of piperazine rings is 1. The number of halogens is 6. The van der Waals surface area contributed by atoms with E-state index >= 15 is 0 Å². The molecule has 46 heavy (non-hydrogen) atoms. The van der Waals surface area contributed by atoms with Crippen molar-refractivity contribution >= 4 is 17.6 Å². The van der Waals surface area contributed by atoms with E-state index in [9.17, 15) is 35.9 Å². The molecule has 1 aliphatic rings. The summed E-state index contributed by atoms with van der Waals surface area (Å²) < 4.78 is 77.0. The second-order valence-corrected chi connectivity index (χ2v) is 13.8. The number of H-pyrrole nitrogens is 2. The van der Waals surface area contributed by atoms with Gasteiger partial charge in [-0.05, 0) is 13.0 Å². The lowest BCUT2D eigenvalue weighted by atomic mass is 9.95. The molecule has 10 nitrogen and oxygen atoms in total. The lowest BCUT2D eigenvalue weighted by Gasteiger charge is -2.36. The predicted molar refractivity (Wildman–Crippen MR) is 163 cm³/mol. The standard InChI is InChI=1S/C20H27F3N6OS.C9H11F3N2O/c1-19(2,3)17-25-14(20(21,22)23)13-15(26-17)29-10-8-28(9-11-29)7-4-12-31-18-24-6-5-16(30)27-18;1-8(2,3)7-13-5(9(10,11)12)4-6(15)14-7/h5-6,13H,4,7-12H2,1-3H3,(H,24,27,30);4H,1-3H3,(H,13,14,15). The topological polar surface area (TPSA) is 124 Å². The van der Waals surface area contributed by atoms with Gasteiger partial charge in [-0.15, -0.1) is 0 Å². The molecule has 4 heterocycles. The van der Waals surface area contributed by atoms with Gasteiger partial charge in [-0.1, -0.05) is 53.3 Å². The molecule has 2 N–H and O–H groups in total. The monoisotopic (exact) mass is 676 g/mol. The molecule has 0 saturated carbocycles. The van der Waals surface area contributed by atoms with Gasteiger partial charge in [0.15, 0.2) is 10.9 Å². The molecule has 0 unspecified atom stereocenters. The van der Waals surface area contributed by atoms with E-state index < -0.39 is 40.1 Å². The molecule has 1 saturated heterocycles. The normalized spacial score (nSPS) is 15.0. The average Bonchev–Trinajstić information content (AvgIpc) is 2.94. The van der Waals surface area contributed by atoms with Gasteiger partial charge in [0.25, 0.3) is 11.1 Å². The van der Waals surface area contributed by atoms with Crippen molar-refractivity contribution in [2.24, 2.45) is 0 Å². The minimum absolute atomic E-state index is 0.0299. The largest absolute Gasteiger partial charge is 0.433 e. The molecule has 3 aromatic rings. The van der Waals surface area contributed by atoms with Crippen molar-refractivity contribution < 1.29 is 26.3 Å². The van der Waals surface area contributed by atoms with Gasteiger partial charge in [0.1, 0.15) is 23.2 Å². The molecule has 1 fully saturated rings. The van der Waals surface area contributed by atoms with Crippen LogP contribution >= 0.6 is 11.8 Å². The zero-order chi connectivity index (χ0) is 34.5. The highest BCUT2D eigenvalue weighted by Crippen LogP contribution is 2.32. The van der Waals surface area contributed by atoms with Crippen molar-refractivity contribution in [2.75, 3.05) is 43.4 Å². The number of thioether (sulfide) groups is 1. The Hall–Kier alpha value is -3.47. The predicted octanol–water partition coefficient (Wildman–Crippen LogP) is 5.27. The Morgan fingerprint density at radius 2 is 1.39 bits per heavy atom. The average molecular weight is 677 g/mol. The summed E-state index contributed by atoms with van der Waals surface area (Å²) in [5.41, 5.74) is -4.21. The number of hydrogen-bond acceptors (Lipinski definition) is 9. The van der Waals surface area contributed by atoms with Crippen LogP contribution in [0.15, 0.2) is 39.1 Å². The number of nitrogens with one attached hydrogen (secondary N) is 2. The Balaban J connectivity index is 0.000000322. The zero-order valence-corrected chi connectivity index (χ0v) is 27.3. The Morgan fingerprint density at radius 3 is 1.93 bits per heavy atom. The highest BCUT2D eigenvalue weighted by atomic mass is 32.2. The van der Waals surface area contributed by atoms with Crippen molar-refractivity contribution in [1.29, 1.82) is 0 Å². The Bertz CT molecular complexity index is 1500. The fraction of sp³-hybridized carbons (Fsp3) is 0.586. The van der Waals surface area contributed by atoms with Gasteiger partial charge in [0.2, 0.25) is 0 Å². The third-order valence-corrected chi connectivity index (χ3v) is 7.59. The summed E-state index contributed by atoms with van der Waals surface area (Å²) in [7, 11) is 0. The molecule has 254 valence electrons. The molecule has 3 aromatic heterocycles. The molecule has 1 aliphatic heterocycles. The number of anilines is 1. The van der Waals surface area contributed by atoms with Crippen molar-refractivity contribution in [3.8, 4) is 0 Å². The summed E-state index contributed by atoms with van der Waals surface area (Å²) in [5, 5.41) is 0.608. The molecular formula is C29H38F6N8O2S. The minimum atomic E-state index is -4.59. The molecule has 0 atom stereocenters. The number of rotatable bonds is 6. The molecule has 17 heteroatoms. The Labute approximate surface area is 266 Å². The van der Waals surface area contributed by atoms with Crippen LogP contribution in [0.4, 0.5) is 32.2 Å². The molecule has 0 aromatic carbocycles. The molecule has 0 bridgehead atoms. The molecular weight excluding hydrogens is 638 g/mol. The minimum Gasteiger partial charge on any atom is -0.354 e. The summed E-state index contributed by atoms with van der Waals surface area (Å²) in [4.78, 5) is 47.2. The van der Waals surface area contributed by atoms with E-state index in [1.54, 1.807) is 20.8 Å². The first-order chi connectivity index (χ1) is 21.1. The zero-order valence-electron chi connectivity index (χ0n) is 26.4. The van der Waals surface area contributed by atoms with Crippen molar-refractivity contribution in [3.05, 3.63) is 68.1 Å².